The van der Waals surface area contributed by atoms with Crippen LogP contribution in [0.3, 0.4) is 0 Å². The lowest BCUT2D eigenvalue weighted by atomic mass is 10.1. The van der Waals surface area contributed by atoms with Gasteiger partial charge in [-0.25, -0.2) is 0 Å². The first-order valence-electron chi connectivity index (χ1n) is 9.70. The fraction of sp³-hybridized carbons (Fsp3) is 0.409. The Morgan fingerprint density at radius 1 is 0.963 bits per heavy atom. The number of guanidine groups is 1. The van der Waals surface area contributed by atoms with Crippen LogP contribution in [-0.4, -0.2) is 50.8 Å². The van der Waals surface area contributed by atoms with Gasteiger partial charge in [0.15, 0.2) is 5.96 Å². The van der Waals surface area contributed by atoms with E-state index < -0.39 is 0 Å². The lowest BCUT2D eigenvalue weighted by Gasteiger charge is -2.26. The van der Waals surface area contributed by atoms with Gasteiger partial charge in [-0.3, -0.25) is 9.89 Å². The molecule has 0 bridgehead atoms. The van der Waals surface area contributed by atoms with Crippen LogP contribution in [0.5, 0.6) is 0 Å². The van der Waals surface area contributed by atoms with Crippen molar-refractivity contribution in [1.82, 2.24) is 15.5 Å². The second-order valence-electron chi connectivity index (χ2n) is 6.80. The zero-order valence-electron chi connectivity index (χ0n) is 16.2. The van der Waals surface area contributed by atoms with Gasteiger partial charge in [0.2, 0.25) is 0 Å². The minimum atomic E-state index is 0.766. The van der Waals surface area contributed by atoms with Crippen molar-refractivity contribution in [2.24, 2.45) is 4.99 Å². The molecule has 2 aromatic carbocycles. The maximum Gasteiger partial charge on any atom is 0.191 e. The first kappa shape index (κ1) is 19.4. The molecular weight excluding hydrogens is 336 g/mol. The van der Waals surface area contributed by atoms with Crippen LogP contribution in [0, 0.1) is 0 Å². The van der Waals surface area contributed by atoms with Gasteiger partial charge in [0.1, 0.15) is 0 Å². The largest absolute Gasteiger partial charge is 0.379 e. The van der Waals surface area contributed by atoms with E-state index in [2.05, 4.69) is 69.1 Å². The lowest BCUT2D eigenvalue weighted by Crippen LogP contribution is -2.38. The number of morpholine rings is 1. The van der Waals surface area contributed by atoms with Crippen molar-refractivity contribution in [2.75, 3.05) is 39.9 Å². The minimum absolute atomic E-state index is 0.766. The summed E-state index contributed by atoms with van der Waals surface area (Å²) in [6.45, 7) is 6.32. The van der Waals surface area contributed by atoms with Crippen molar-refractivity contribution in [3.8, 4) is 0 Å². The van der Waals surface area contributed by atoms with Crippen LogP contribution in [0.15, 0.2) is 59.6 Å². The molecule has 0 spiro atoms. The molecule has 1 saturated heterocycles. The van der Waals surface area contributed by atoms with E-state index in [1.807, 2.05) is 13.1 Å². The summed E-state index contributed by atoms with van der Waals surface area (Å²) >= 11 is 0. The second-order valence-corrected chi connectivity index (χ2v) is 6.80. The summed E-state index contributed by atoms with van der Waals surface area (Å²) in [5.41, 5.74) is 3.95. The van der Waals surface area contributed by atoms with E-state index in [4.69, 9.17) is 4.74 Å². The molecule has 2 aromatic rings. The highest BCUT2D eigenvalue weighted by atomic mass is 16.5. The zero-order chi connectivity index (χ0) is 18.7. The van der Waals surface area contributed by atoms with Crippen LogP contribution in [0.1, 0.15) is 16.7 Å². The van der Waals surface area contributed by atoms with Crippen LogP contribution in [0.25, 0.3) is 0 Å². The molecule has 1 heterocycles. The highest BCUT2D eigenvalue weighted by Crippen LogP contribution is 2.10. The summed E-state index contributed by atoms with van der Waals surface area (Å²) in [5.74, 6) is 0.838. The zero-order valence-corrected chi connectivity index (χ0v) is 16.2. The smallest absolute Gasteiger partial charge is 0.191 e. The van der Waals surface area contributed by atoms with Crippen molar-refractivity contribution >= 4 is 5.96 Å². The Morgan fingerprint density at radius 3 is 2.48 bits per heavy atom. The number of hydrogen-bond donors (Lipinski definition) is 2. The third-order valence-electron chi connectivity index (χ3n) is 4.73. The number of aliphatic imine (C=N–C) groups is 1. The predicted octanol–water partition coefficient (Wildman–Crippen LogP) is 2.43. The van der Waals surface area contributed by atoms with E-state index in [9.17, 15) is 0 Å². The fourth-order valence-corrected chi connectivity index (χ4v) is 3.23. The van der Waals surface area contributed by atoms with E-state index in [0.29, 0.717) is 0 Å². The van der Waals surface area contributed by atoms with Crippen molar-refractivity contribution in [2.45, 2.75) is 19.5 Å². The van der Waals surface area contributed by atoms with E-state index in [1.54, 1.807) is 0 Å². The average molecular weight is 367 g/mol. The molecule has 27 heavy (non-hydrogen) atoms. The maximum atomic E-state index is 5.43. The van der Waals surface area contributed by atoms with Crippen molar-refractivity contribution < 1.29 is 4.74 Å². The van der Waals surface area contributed by atoms with Gasteiger partial charge in [0.25, 0.3) is 0 Å². The minimum Gasteiger partial charge on any atom is -0.379 e. The summed E-state index contributed by atoms with van der Waals surface area (Å²) in [7, 11) is 1.81. The van der Waals surface area contributed by atoms with Gasteiger partial charge in [-0.1, -0.05) is 54.6 Å². The summed E-state index contributed by atoms with van der Waals surface area (Å²) in [4.78, 5) is 6.77. The number of hydrogen-bond acceptors (Lipinski definition) is 3. The molecule has 3 rings (SSSR count). The monoisotopic (exact) mass is 366 g/mol. The summed E-state index contributed by atoms with van der Waals surface area (Å²) in [6, 6.07) is 19.3. The van der Waals surface area contributed by atoms with Crippen molar-refractivity contribution in [3.05, 3.63) is 71.3 Å². The molecule has 1 aliphatic rings. The van der Waals surface area contributed by atoms with Gasteiger partial charge in [0, 0.05) is 39.8 Å². The second kappa shape index (κ2) is 10.7. The van der Waals surface area contributed by atoms with E-state index >= 15 is 0 Å². The molecule has 0 atom stereocenters. The Labute approximate surface area is 162 Å². The lowest BCUT2D eigenvalue weighted by molar-refractivity contribution is 0.0342. The molecule has 0 aliphatic carbocycles. The molecule has 1 aliphatic heterocycles. The molecule has 5 nitrogen and oxygen atoms in total. The maximum absolute atomic E-state index is 5.43. The van der Waals surface area contributed by atoms with Crippen LogP contribution in [-0.2, 0) is 24.2 Å². The van der Waals surface area contributed by atoms with Crippen LogP contribution in [0.2, 0.25) is 0 Å². The summed E-state index contributed by atoms with van der Waals surface area (Å²) in [6.07, 6.45) is 0.983. The molecule has 5 heteroatoms. The molecule has 0 unspecified atom stereocenters. The Balaban J connectivity index is 1.44. The predicted molar refractivity (Wildman–Crippen MR) is 111 cm³/mol. The molecular formula is C22H30N4O. The van der Waals surface area contributed by atoms with Gasteiger partial charge in [-0.2, -0.15) is 0 Å². The Kier molecular flexibility index (Phi) is 7.69. The highest BCUT2D eigenvalue weighted by molar-refractivity contribution is 5.79. The number of nitrogens with one attached hydrogen (secondary N) is 2. The Hall–Kier alpha value is -2.37. The standard InChI is InChI=1S/C22H30N4O/c1-23-22(24-11-10-19-6-3-2-4-7-19)25-17-20-8-5-9-21(16-20)18-26-12-14-27-15-13-26/h2-9,16H,10-15,17-18H2,1H3,(H2,23,24,25). The normalized spacial score (nSPS) is 15.5. The van der Waals surface area contributed by atoms with Gasteiger partial charge >= 0.3 is 0 Å². The molecule has 144 valence electrons. The fourth-order valence-electron chi connectivity index (χ4n) is 3.23. The van der Waals surface area contributed by atoms with Gasteiger partial charge < -0.3 is 15.4 Å². The number of ether oxygens (including phenoxy) is 1. The van der Waals surface area contributed by atoms with Gasteiger partial charge in [0.05, 0.1) is 13.2 Å². The number of benzene rings is 2. The summed E-state index contributed by atoms with van der Waals surface area (Å²) < 4.78 is 5.43. The van der Waals surface area contributed by atoms with Crippen LogP contribution >= 0.6 is 0 Å². The van der Waals surface area contributed by atoms with Crippen molar-refractivity contribution in [1.29, 1.82) is 0 Å². The van der Waals surface area contributed by atoms with Gasteiger partial charge in [-0.05, 0) is 23.1 Å². The van der Waals surface area contributed by atoms with E-state index in [0.717, 1.165) is 58.3 Å². The molecule has 1 fully saturated rings. The first-order chi connectivity index (χ1) is 13.3. The SMILES string of the molecule is CN=C(NCCc1ccccc1)NCc1cccc(CN2CCOCC2)c1. The average Bonchev–Trinajstić information content (AvgIpc) is 2.72. The van der Waals surface area contributed by atoms with Crippen molar-refractivity contribution in [3.63, 3.8) is 0 Å². The molecule has 0 aromatic heterocycles. The molecule has 0 amide bonds. The van der Waals surface area contributed by atoms with Gasteiger partial charge in [-0.15, -0.1) is 0 Å². The van der Waals surface area contributed by atoms with Crippen LogP contribution < -0.4 is 10.6 Å². The Bertz CT molecular complexity index is 711. The van der Waals surface area contributed by atoms with Crippen LogP contribution in [0.4, 0.5) is 0 Å². The first-order valence-corrected chi connectivity index (χ1v) is 9.70. The molecule has 0 saturated carbocycles. The van der Waals surface area contributed by atoms with E-state index in [1.165, 1.54) is 16.7 Å². The third-order valence-corrected chi connectivity index (χ3v) is 4.73. The highest BCUT2D eigenvalue weighted by Gasteiger charge is 2.10. The summed E-state index contributed by atoms with van der Waals surface area (Å²) in [5, 5.41) is 6.79. The topological polar surface area (TPSA) is 48.9 Å². The third kappa shape index (κ3) is 6.70. The quantitative estimate of drug-likeness (QED) is 0.584. The number of nitrogens with zero attached hydrogens (tertiary/aromatic N) is 2. The number of rotatable bonds is 7. The Morgan fingerprint density at radius 2 is 1.70 bits per heavy atom. The molecule has 2 N–H and O–H groups in total. The molecule has 0 radical (unpaired) electrons. The van der Waals surface area contributed by atoms with E-state index in [-0.39, 0.29) is 0 Å².